The molecule has 0 fully saturated rings. The summed E-state index contributed by atoms with van der Waals surface area (Å²) in [5.74, 6) is 14.9. The van der Waals surface area contributed by atoms with Gasteiger partial charge in [0.2, 0.25) is 0 Å². The third-order valence-corrected chi connectivity index (χ3v) is 16.1. The standard InChI is InChI=1S/C34H38Ge2N2O/c1-34(2,3)30-21-38-31(19-29(30)23-16-24(35(4,5)6)18-25(17-23)36(7,8)9)28-12-10-11-27-26-14-13-22(20-37)15-32(26)39-33(27)28/h10-19,21H,1-9H3. The Bertz CT molecular complexity index is 1740. The van der Waals surface area contributed by atoms with Gasteiger partial charge in [0.05, 0.1) is 6.07 Å². The molecule has 0 aliphatic carbocycles. The Morgan fingerprint density at radius 1 is 0.769 bits per heavy atom. The number of fused-ring (bicyclic) bond motifs is 3. The van der Waals surface area contributed by atoms with Gasteiger partial charge in [-0.2, -0.15) is 5.26 Å². The zero-order valence-electron chi connectivity index (χ0n) is 24.7. The summed E-state index contributed by atoms with van der Waals surface area (Å²) in [6.45, 7) is 6.81. The van der Waals surface area contributed by atoms with Crippen LogP contribution in [0.1, 0.15) is 31.9 Å². The minimum atomic E-state index is -2.09. The fourth-order valence-corrected chi connectivity index (χ4v) is 10.7. The summed E-state index contributed by atoms with van der Waals surface area (Å²) in [6.07, 6.45) is 2.07. The van der Waals surface area contributed by atoms with Gasteiger partial charge >= 0.3 is 228 Å². The van der Waals surface area contributed by atoms with Crippen molar-refractivity contribution in [3.05, 3.63) is 78.0 Å². The van der Waals surface area contributed by atoms with Gasteiger partial charge in [0.1, 0.15) is 0 Å². The van der Waals surface area contributed by atoms with Gasteiger partial charge in [-0.25, -0.2) is 0 Å². The third kappa shape index (κ3) is 5.34. The fraction of sp³-hybridized carbons (Fsp3) is 0.294. The fourth-order valence-electron chi connectivity index (χ4n) is 5.16. The molecule has 0 radical (unpaired) electrons. The van der Waals surface area contributed by atoms with Crippen LogP contribution in [0.25, 0.3) is 44.3 Å². The van der Waals surface area contributed by atoms with Crippen LogP contribution in [0.2, 0.25) is 34.5 Å². The molecule has 5 heteroatoms. The first kappa shape index (κ1) is 27.7. The average molecular weight is 636 g/mol. The van der Waals surface area contributed by atoms with E-state index >= 15 is 0 Å². The van der Waals surface area contributed by atoms with Gasteiger partial charge in [0, 0.05) is 0 Å². The number of furan rings is 1. The van der Waals surface area contributed by atoms with Crippen LogP contribution in [0.5, 0.6) is 0 Å². The summed E-state index contributed by atoms with van der Waals surface area (Å²) >= 11 is -4.18. The number of rotatable bonds is 4. The Hall–Kier alpha value is -2.81. The molecule has 0 atom stereocenters. The zero-order chi connectivity index (χ0) is 28.3. The van der Waals surface area contributed by atoms with E-state index in [0.717, 1.165) is 33.2 Å². The number of benzene rings is 3. The quantitative estimate of drug-likeness (QED) is 0.186. The van der Waals surface area contributed by atoms with E-state index in [9.17, 15) is 5.26 Å². The second kappa shape index (κ2) is 9.68. The van der Waals surface area contributed by atoms with Gasteiger partial charge in [-0.3, -0.25) is 0 Å². The first-order chi connectivity index (χ1) is 18.2. The second-order valence-electron chi connectivity index (χ2n) is 13.8. The summed E-state index contributed by atoms with van der Waals surface area (Å²) in [6, 6.07) is 23.9. The molecule has 5 aromatic rings. The minimum absolute atomic E-state index is 0.0532. The van der Waals surface area contributed by atoms with E-state index in [1.807, 2.05) is 18.2 Å². The van der Waals surface area contributed by atoms with Crippen molar-refractivity contribution in [1.82, 2.24) is 4.98 Å². The molecule has 0 unspecified atom stereocenters. The topological polar surface area (TPSA) is 49.8 Å². The van der Waals surface area contributed by atoms with Crippen LogP contribution in [-0.4, -0.2) is 31.5 Å². The Labute approximate surface area is 238 Å². The predicted octanol–water partition coefficient (Wildman–Crippen LogP) is 8.57. The summed E-state index contributed by atoms with van der Waals surface area (Å²) in [5.41, 5.74) is 7.80. The van der Waals surface area contributed by atoms with E-state index in [0.29, 0.717) is 5.56 Å². The van der Waals surface area contributed by atoms with Gasteiger partial charge < -0.3 is 0 Å². The normalized spacial score (nSPS) is 12.7. The van der Waals surface area contributed by atoms with Crippen molar-refractivity contribution in [1.29, 1.82) is 5.26 Å². The van der Waals surface area contributed by atoms with E-state index in [2.05, 4.69) is 110 Å². The molecule has 0 saturated heterocycles. The first-order valence-electron chi connectivity index (χ1n) is 13.7. The molecule has 3 nitrogen and oxygen atoms in total. The van der Waals surface area contributed by atoms with E-state index in [1.54, 1.807) is 8.79 Å². The molecule has 198 valence electrons. The van der Waals surface area contributed by atoms with Crippen molar-refractivity contribution in [2.75, 3.05) is 0 Å². The van der Waals surface area contributed by atoms with Crippen LogP contribution < -0.4 is 8.79 Å². The molecule has 0 bridgehead atoms. The maximum absolute atomic E-state index is 9.38. The summed E-state index contributed by atoms with van der Waals surface area (Å²) < 4.78 is 9.50. The molecule has 3 aromatic carbocycles. The van der Waals surface area contributed by atoms with Crippen molar-refractivity contribution in [2.45, 2.75) is 60.7 Å². The summed E-state index contributed by atoms with van der Waals surface area (Å²) in [7, 11) is 0. The van der Waals surface area contributed by atoms with Gasteiger partial charge in [0.25, 0.3) is 0 Å². The predicted molar refractivity (Wildman–Crippen MR) is 172 cm³/mol. The Kier molecular flexibility index (Phi) is 6.88. The van der Waals surface area contributed by atoms with Crippen molar-refractivity contribution in [3.63, 3.8) is 0 Å². The number of hydrogen-bond acceptors (Lipinski definition) is 3. The second-order valence-corrected chi connectivity index (χ2v) is 35.1. The van der Waals surface area contributed by atoms with Gasteiger partial charge in [-0.15, -0.1) is 0 Å². The number of aromatic nitrogens is 1. The molecule has 5 rings (SSSR count). The van der Waals surface area contributed by atoms with E-state index in [1.165, 1.54) is 16.7 Å². The average Bonchev–Trinajstić information content (AvgIpc) is 3.24. The summed E-state index contributed by atoms with van der Waals surface area (Å²) in [5, 5.41) is 11.4. The molecule has 0 N–H and O–H groups in total. The molecular weight excluding hydrogens is 598 g/mol. The molecule has 0 amide bonds. The molecular formula is C34H38Ge2N2O. The Balaban J connectivity index is 1.79. The monoisotopic (exact) mass is 638 g/mol. The number of hydrogen-bond donors (Lipinski definition) is 0. The van der Waals surface area contributed by atoms with Crippen LogP contribution in [-0.2, 0) is 5.41 Å². The molecule has 0 spiro atoms. The molecule has 39 heavy (non-hydrogen) atoms. The molecule has 2 aromatic heterocycles. The van der Waals surface area contributed by atoms with Crippen LogP contribution in [0, 0.1) is 11.3 Å². The number of para-hydroxylation sites is 1. The Morgan fingerprint density at radius 3 is 2.03 bits per heavy atom. The molecule has 0 saturated carbocycles. The summed E-state index contributed by atoms with van der Waals surface area (Å²) in [4.78, 5) is 5.01. The zero-order valence-corrected chi connectivity index (χ0v) is 28.8. The van der Waals surface area contributed by atoms with Crippen LogP contribution >= 0.6 is 0 Å². The van der Waals surface area contributed by atoms with Gasteiger partial charge in [0.15, 0.2) is 0 Å². The third-order valence-electron chi connectivity index (χ3n) is 7.59. The van der Waals surface area contributed by atoms with Crippen LogP contribution in [0.4, 0.5) is 0 Å². The molecule has 0 aliphatic heterocycles. The van der Waals surface area contributed by atoms with Crippen LogP contribution in [0.3, 0.4) is 0 Å². The van der Waals surface area contributed by atoms with E-state index in [4.69, 9.17) is 9.40 Å². The first-order valence-corrected chi connectivity index (χ1v) is 28.4. The van der Waals surface area contributed by atoms with Crippen molar-refractivity contribution < 1.29 is 4.42 Å². The van der Waals surface area contributed by atoms with E-state index in [-0.39, 0.29) is 5.41 Å². The number of nitriles is 1. The number of nitrogens with zero attached hydrogens (tertiary/aromatic N) is 2. The Morgan fingerprint density at radius 2 is 1.44 bits per heavy atom. The maximum atomic E-state index is 9.38. The van der Waals surface area contributed by atoms with Gasteiger partial charge in [-0.1, -0.05) is 0 Å². The van der Waals surface area contributed by atoms with Crippen LogP contribution in [0.15, 0.2) is 71.3 Å². The van der Waals surface area contributed by atoms with E-state index < -0.39 is 26.5 Å². The molecule has 0 aliphatic rings. The number of pyridine rings is 1. The molecule has 2 heterocycles. The van der Waals surface area contributed by atoms with Crippen molar-refractivity contribution in [2.24, 2.45) is 0 Å². The van der Waals surface area contributed by atoms with Gasteiger partial charge in [-0.05, 0) is 0 Å². The SMILES string of the molecule is CC(C)(C)c1cnc(-c2cccc3c2oc2cc(C#N)ccc23)cc1-c1c[c]([Ge]([CH3])([CH3])[CH3])c[c]([Ge]([CH3])([CH3])[CH3])c1. The van der Waals surface area contributed by atoms with Crippen molar-refractivity contribution >= 4 is 57.3 Å². The van der Waals surface area contributed by atoms with Crippen molar-refractivity contribution in [3.8, 4) is 28.5 Å².